The van der Waals surface area contributed by atoms with Crippen LogP contribution in [0, 0.1) is 5.92 Å². The molecular weight excluding hydrogens is 232 g/mol. The van der Waals surface area contributed by atoms with Crippen molar-refractivity contribution in [3.63, 3.8) is 0 Å². The van der Waals surface area contributed by atoms with E-state index in [1.54, 1.807) is 0 Å². The standard InChI is InChI=1S/C14H18O2S/c1-9(2)13(14(15)16)17-12-7-6-10-4-3-5-11(10)8-12/h6-9,13H,3-5H2,1-2H3,(H,15,16). The fourth-order valence-corrected chi connectivity index (χ4v) is 3.26. The molecule has 1 N–H and O–H groups in total. The molecular formula is C14H18O2S. The number of carbonyl (C=O) groups is 1. The van der Waals surface area contributed by atoms with E-state index in [2.05, 4.69) is 18.2 Å². The summed E-state index contributed by atoms with van der Waals surface area (Å²) in [5.41, 5.74) is 2.84. The fourth-order valence-electron chi connectivity index (χ4n) is 2.24. The topological polar surface area (TPSA) is 37.3 Å². The number of benzene rings is 1. The zero-order valence-corrected chi connectivity index (χ0v) is 11.1. The Morgan fingerprint density at radius 2 is 2.00 bits per heavy atom. The summed E-state index contributed by atoms with van der Waals surface area (Å²) in [6, 6.07) is 6.39. The van der Waals surface area contributed by atoms with Gasteiger partial charge in [0.15, 0.2) is 0 Å². The Balaban J connectivity index is 2.15. The van der Waals surface area contributed by atoms with Gasteiger partial charge in [0.1, 0.15) is 5.25 Å². The van der Waals surface area contributed by atoms with Crippen molar-refractivity contribution < 1.29 is 9.90 Å². The Kier molecular flexibility index (Phi) is 3.77. The van der Waals surface area contributed by atoms with Crippen molar-refractivity contribution >= 4 is 17.7 Å². The normalized spacial score (nSPS) is 15.9. The summed E-state index contributed by atoms with van der Waals surface area (Å²) in [7, 11) is 0. The van der Waals surface area contributed by atoms with Crippen LogP contribution < -0.4 is 0 Å². The van der Waals surface area contributed by atoms with Gasteiger partial charge < -0.3 is 5.11 Å². The minimum Gasteiger partial charge on any atom is -0.480 e. The van der Waals surface area contributed by atoms with Crippen molar-refractivity contribution in [1.82, 2.24) is 0 Å². The Labute approximate surface area is 106 Å². The van der Waals surface area contributed by atoms with Crippen LogP contribution in [0.1, 0.15) is 31.4 Å². The second kappa shape index (κ2) is 5.13. The Bertz CT molecular complexity index is 426. The molecule has 1 unspecified atom stereocenters. The number of aryl methyl sites for hydroxylation is 2. The Morgan fingerprint density at radius 1 is 1.29 bits per heavy atom. The maximum Gasteiger partial charge on any atom is 0.317 e. The molecule has 0 bridgehead atoms. The molecule has 0 radical (unpaired) electrons. The van der Waals surface area contributed by atoms with Crippen LogP contribution in [-0.4, -0.2) is 16.3 Å². The summed E-state index contributed by atoms with van der Waals surface area (Å²) in [5.74, 6) is -0.573. The number of carboxylic acid groups (broad SMARTS) is 1. The quantitative estimate of drug-likeness (QED) is 0.832. The maximum atomic E-state index is 11.2. The molecule has 0 saturated carbocycles. The van der Waals surface area contributed by atoms with Gasteiger partial charge in [0.2, 0.25) is 0 Å². The van der Waals surface area contributed by atoms with Gasteiger partial charge in [-0.15, -0.1) is 11.8 Å². The molecule has 1 aromatic rings. The fraction of sp³-hybridized carbons (Fsp3) is 0.500. The first-order chi connectivity index (χ1) is 8.08. The molecule has 2 nitrogen and oxygen atoms in total. The molecule has 0 aromatic heterocycles. The maximum absolute atomic E-state index is 11.2. The van der Waals surface area contributed by atoms with Crippen molar-refractivity contribution in [3.05, 3.63) is 29.3 Å². The van der Waals surface area contributed by atoms with E-state index in [1.807, 2.05) is 13.8 Å². The number of hydrogen-bond acceptors (Lipinski definition) is 2. The summed E-state index contributed by atoms with van der Waals surface area (Å²) in [6.45, 7) is 3.91. The van der Waals surface area contributed by atoms with Crippen LogP contribution in [0.15, 0.2) is 23.1 Å². The summed E-state index contributed by atoms with van der Waals surface area (Å²) < 4.78 is 0. The van der Waals surface area contributed by atoms with E-state index in [1.165, 1.54) is 35.7 Å². The zero-order chi connectivity index (χ0) is 12.4. The number of aliphatic carboxylic acids is 1. The smallest absolute Gasteiger partial charge is 0.317 e. The van der Waals surface area contributed by atoms with Gasteiger partial charge in [-0.25, -0.2) is 0 Å². The lowest BCUT2D eigenvalue weighted by Crippen LogP contribution is -2.22. The van der Waals surface area contributed by atoms with Gasteiger partial charge in [-0.3, -0.25) is 4.79 Å². The minimum absolute atomic E-state index is 0.144. The van der Waals surface area contributed by atoms with Crippen LogP contribution in [0.2, 0.25) is 0 Å². The van der Waals surface area contributed by atoms with Gasteiger partial charge in [0.05, 0.1) is 0 Å². The summed E-state index contributed by atoms with van der Waals surface area (Å²) in [5, 5.41) is 8.83. The predicted molar refractivity (Wildman–Crippen MR) is 70.6 cm³/mol. The van der Waals surface area contributed by atoms with E-state index in [4.69, 9.17) is 0 Å². The number of carboxylic acids is 1. The monoisotopic (exact) mass is 250 g/mol. The first-order valence-electron chi connectivity index (χ1n) is 6.09. The number of thioether (sulfide) groups is 1. The van der Waals surface area contributed by atoms with E-state index in [0.717, 1.165) is 11.3 Å². The molecule has 0 fully saturated rings. The van der Waals surface area contributed by atoms with E-state index in [-0.39, 0.29) is 11.2 Å². The van der Waals surface area contributed by atoms with E-state index < -0.39 is 5.97 Å². The van der Waals surface area contributed by atoms with Gasteiger partial charge in [0, 0.05) is 4.90 Å². The van der Waals surface area contributed by atoms with E-state index in [9.17, 15) is 9.90 Å². The lowest BCUT2D eigenvalue weighted by molar-refractivity contribution is -0.137. The molecule has 0 heterocycles. The van der Waals surface area contributed by atoms with Gasteiger partial charge in [-0.05, 0) is 48.4 Å². The molecule has 92 valence electrons. The molecule has 17 heavy (non-hydrogen) atoms. The molecule has 0 saturated heterocycles. The second-order valence-corrected chi connectivity index (χ2v) is 6.12. The SMILES string of the molecule is CC(C)C(Sc1ccc2c(c1)CCC2)C(=O)O. The third kappa shape index (κ3) is 2.83. The molecule has 0 spiro atoms. The van der Waals surface area contributed by atoms with Crippen molar-refractivity contribution in [3.8, 4) is 0 Å². The lowest BCUT2D eigenvalue weighted by atomic mass is 10.1. The van der Waals surface area contributed by atoms with Crippen molar-refractivity contribution in [2.45, 2.75) is 43.3 Å². The summed E-state index contributed by atoms with van der Waals surface area (Å²) in [6.07, 6.45) is 3.55. The average Bonchev–Trinajstić information content (AvgIpc) is 2.71. The number of rotatable bonds is 4. The lowest BCUT2D eigenvalue weighted by Gasteiger charge is -2.16. The number of hydrogen-bond donors (Lipinski definition) is 1. The first-order valence-corrected chi connectivity index (χ1v) is 6.97. The van der Waals surface area contributed by atoms with Gasteiger partial charge in [-0.2, -0.15) is 0 Å². The largest absolute Gasteiger partial charge is 0.480 e. The van der Waals surface area contributed by atoms with E-state index in [0.29, 0.717) is 0 Å². The van der Waals surface area contributed by atoms with Crippen molar-refractivity contribution in [2.75, 3.05) is 0 Å². The van der Waals surface area contributed by atoms with Crippen molar-refractivity contribution in [1.29, 1.82) is 0 Å². The summed E-state index contributed by atoms with van der Waals surface area (Å²) >= 11 is 1.47. The van der Waals surface area contributed by atoms with Gasteiger partial charge >= 0.3 is 5.97 Å². The van der Waals surface area contributed by atoms with Crippen LogP contribution in [-0.2, 0) is 17.6 Å². The van der Waals surface area contributed by atoms with Crippen LogP contribution in [0.25, 0.3) is 0 Å². The molecule has 1 aromatic carbocycles. The van der Waals surface area contributed by atoms with Crippen LogP contribution in [0.5, 0.6) is 0 Å². The molecule has 0 amide bonds. The van der Waals surface area contributed by atoms with Crippen LogP contribution >= 0.6 is 11.8 Å². The Hall–Kier alpha value is -0.960. The molecule has 1 aliphatic rings. The highest BCUT2D eigenvalue weighted by atomic mass is 32.2. The average molecular weight is 250 g/mol. The zero-order valence-electron chi connectivity index (χ0n) is 10.3. The summed E-state index contributed by atoms with van der Waals surface area (Å²) in [4.78, 5) is 12.2. The third-order valence-corrected chi connectivity index (χ3v) is 4.71. The highest BCUT2D eigenvalue weighted by molar-refractivity contribution is 8.00. The molecule has 3 heteroatoms. The molecule has 1 aliphatic carbocycles. The molecule has 1 atom stereocenters. The van der Waals surface area contributed by atoms with Crippen LogP contribution in [0.4, 0.5) is 0 Å². The minimum atomic E-state index is -0.717. The highest BCUT2D eigenvalue weighted by Crippen LogP contribution is 2.32. The molecule has 0 aliphatic heterocycles. The molecule has 2 rings (SSSR count). The van der Waals surface area contributed by atoms with Crippen molar-refractivity contribution in [2.24, 2.45) is 5.92 Å². The van der Waals surface area contributed by atoms with Gasteiger partial charge in [-0.1, -0.05) is 19.9 Å². The van der Waals surface area contributed by atoms with Gasteiger partial charge in [0.25, 0.3) is 0 Å². The third-order valence-electron chi connectivity index (χ3n) is 3.18. The first kappa shape index (κ1) is 12.5. The van der Waals surface area contributed by atoms with E-state index >= 15 is 0 Å². The Morgan fingerprint density at radius 3 is 2.65 bits per heavy atom. The van der Waals surface area contributed by atoms with Crippen LogP contribution in [0.3, 0.4) is 0 Å². The second-order valence-electron chi connectivity index (χ2n) is 4.90. The predicted octanol–water partition coefficient (Wildman–Crippen LogP) is 3.38. The highest BCUT2D eigenvalue weighted by Gasteiger charge is 2.23. The number of fused-ring (bicyclic) bond motifs is 1.